The van der Waals surface area contributed by atoms with Crippen molar-refractivity contribution < 1.29 is 4.74 Å². The molecule has 0 saturated heterocycles. The van der Waals surface area contributed by atoms with E-state index in [1.54, 1.807) is 13.3 Å². The molecule has 14 heavy (non-hydrogen) atoms. The first kappa shape index (κ1) is 10.8. The Bertz CT molecular complexity index is 273. The molecule has 2 N–H and O–H groups in total. The van der Waals surface area contributed by atoms with Crippen molar-refractivity contribution in [2.45, 2.75) is 13.0 Å². The smallest absolute Gasteiger partial charge is 0.128 e. The van der Waals surface area contributed by atoms with Gasteiger partial charge in [0.1, 0.15) is 5.82 Å². The van der Waals surface area contributed by atoms with Crippen molar-refractivity contribution in [3.05, 3.63) is 18.3 Å². The van der Waals surface area contributed by atoms with Crippen LogP contribution in [0.1, 0.15) is 6.92 Å². The Morgan fingerprint density at radius 2 is 2.29 bits per heavy atom. The van der Waals surface area contributed by atoms with E-state index in [2.05, 4.69) is 16.8 Å². The maximum Gasteiger partial charge on any atom is 0.128 e. The number of nitrogens with zero attached hydrogens (tertiary/aromatic N) is 2. The van der Waals surface area contributed by atoms with Gasteiger partial charge in [0.05, 0.1) is 24.5 Å². The molecule has 0 fully saturated rings. The molecule has 1 aromatic heterocycles. The van der Waals surface area contributed by atoms with E-state index in [4.69, 9.17) is 10.5 Å². The molecule has 0 aliphatic carbocycles. The number of likely N-dealkylation sites (N-methyl/N-ethyl adjacent to an activating group) is 1. The molecule has 1 rings (SSSR count). The van der Waals surface area contributed by atoms with E-state index >= 15 is 0 Å². The van der Waals surface area contributed by atoms with E-state index < -0.39 is 0 Å². The molecule has 0 amide bonds. The topological polar surface area (TPSA) is 51.4 Å². The number of nitrogens with two attached hydrogens (primary N) is 1. The summed E-state index contributed by atoms with van der Waals surface area (Å²) in [6.45, 7) is 2.77. The average molecular weight is 195 g/mol. The fourth-order valence-corrected chi connectivity index (χ4v) is 1.18. The first-order valence-corrected chi connectivity index (χ1v) is 4.58. The van der Waals surface area contributed by atoms with E-state index in [0.29, 0.717) is 18.3 Å². The summed E-state index contributed by atoms with van der Waals surface area (Å²) >= 11 is 0. The summed E-state index contributed by atoms with van der Waals surface area (Å²) in [6.07, 6.45) is 1.66. The Balaban J connectivity index is 2.68. The molecule has 1 aromatic rings. The normalized spacial score (nSPS) is 12.5. The van der Waals surface area contributed by atoms with Gasteiger partial charge in [0.15, 0.2) is 0 Å². The van der Waals surface area contributed by atoms with Crippen molar-refractivity contribution in [2.24, 2.45) is 0 Å². The summed E-state index contributed by atoms with van der Waals surface area (Å²) in [5.74, 6) is 0.906. The Morgan fingerprint density at radius 1 is 1.57 bits per heavy atom. The third-order valence-corrected chi connectivity index (χ3v) is 2.20. The fourth-order valence-electron chi connectivity index (χ4n) is 1.18. The number of pyridine rings is 1. The molecule has 0 aliphatic rings. The highest BCUT2D eigenvalue weighted by atomic mass is 16.5. The fraction of sp³-hybridized carbons (Fsp3) is 0.500. The molecule has 0 bridgehead atoms. The summed E-state index contributed by atoms with van der Waals surface area (Å²) < 4.78 is 5.08. The zero-order chi connectivity index (χ0) is 10.6. The van der Waals surface area contributed by atoms with Crippen molar-refractivity contribution >= 4 is 11.5 Å². The zero-order valence-electron chi connectivity index (χ0n) is 8.90. The zero-order valence-corrected chi connectivity index (χ0v) is 8.90. The summed E-state index contributed by atoms with van der Waals surface area (Å²) in [5, 5.41) is 0. The lowest BCUT2D eigenvalue weighted by Crippen LogP contribution is -2.33. The molecule has 0 spiro atoms. The van der Waals surface area contributed by atoms with Gasteiger partial charge in [-0.25, -0.2) is 4.98 Å². The quantitative estimate of drug-likeness (QED) is 0.782. The van der Waals surface area contributed by atoms with Gasteiger partial charge < -0.3 is 15.4 Å². The van der Waals surface area contributed by atoms with E-state index in [9.17, 15) is 0 Å². The lowest BCUT2D eigenvalue weighted by Gasteiger charge is -2.25. The van der Waals surface area contributed by atoms with E-state index in [1.807, 2.05) is 19.2 Å². The first-order chi connectivity index (χ1) is 6.65. The minimum absolute atomic E-state index is 0.302. The number of aromatic nitrogens is 1. The van der Waals surface area contributed by atoms with E-state index in [1.165, 1.54) is 0 Å². The van der Waals surface area contributed by atoms with Gasteiger partial charge in [0.2, 0.25) is 0 Å². The van der Waals surface area contributed by atoms with Gasteiger partial charge in [-0.05, 0) is 19.1 Å². The molecule has 0 radical (unpaired) electrons. The molecule has 4 heteroatoms. The Hall–Kier alpha value is -1.29. The van der Waals surface area contributed by atoms with Crippen molar-refractivity contribution in [3.63, 3.8) is 0 Å². The lowest BCUT2D eigenvalue weighted by atomic mass is 10.3. The lowest BCUT2D eigenvalue weighted by molar-refractivity contribution is 0.183. The van der Waals surface area contributed by atoms with Crippen molar-refractivity contribution in [1.82, 2.24) is 4.98 Å². The number of anilines is 2. The Morgan fingerprint density at radius 3 is 2.79 bits per heavy atom. The summed E-state index contributed by atoms with van der Waals surface area (Å²) in [4.78, 5) is 6.29. The van der Waals surface area contributed by atoms with E-state index in [-0.39, 0.29) is 0 Å². The summed E-state index contributed by atoms with van der Waals surface area (Å²) in [5.41, 5.74) is 6.24. The van der Waals surface area contributed by atoms with Crippen LogP contribution < -0.4 is 10.6 Å². The molecule has 0 aromatic carbocycles. The highest BCUT2D eigenvalue weighted by Crippen LogP contribution is 2.13. The number of methoxy groups -OCH3 is 1. The molecular formula is C10H17N3O. The monoisotopic (exact) mass is 195 g/mol. The van der Waals surface area contributed by atoms with Gasteiger partial charge >= 0.3 is 0 Å². The second-order valence-electron chi connectivity index (χ2n) is 3.36. The summed E-state index contributed by atoms with van der Waals surface area (Å²) in [7, 11) is 3.68. The van der Waals surface area contributed by atoms with Crippen molar-refractivity contribution in [3.8, 4) is 0 Å². The van der Waals surface area contributed by atoms with Crippen LogP contribution >= 0.6 is 0 Å². The molecule has 78 valence electrons. The number of hydrogen-bond acceptors (Lipinski definition) is 4. The third-order valence-electron chi connectivity index (χ3n) is 2.20. The molecule has 0 aliphatic heterocycles. The largest absolute Gasteiger partial charge is 0.397 e. The van der Waals surface area contributed by atoms with Gasteiger partial charge in [-0.1, -0.05) is 0 Å². The van der Waals surface area contributed by atoms with Crippen LogP contribution in [0.15, 0.2) is 18.3 Å². The van der Waals surface area contributed by atoms with Crippen LogP contribution in [0.2, 0.25) is 0 Å². The second kappa shape index (κ2) is 4.81. The Kier molecular flexibility index (Phi) is 3.71. The highest BCUT2D eigenvalue weighted by Gasteiger charge is 2.09. The molecular weight excluding hydrogens is 178 g/mol. The van der Waals surface area contributed by atoms with Crippen LogP contribution in [0.25, 0.3) is 0 Å². The average Bonchev–Trinajstić information content (AvgIpc) is 2.18. The van der Waals surface area contributed by atoms with Gasteiger partial charge in [0.25, 0.3) is 0 Å². The summed E-state index contributed by atoms with van der Waals surface area (Å²) in [6, 6.07) is 4.05. The minimum Gasteiger partial charge on any atom is -0.397 e. The van der Waals surface area contributed by atoms with Crippen LogP contribution in [0, 0.1) is 0 Å². The SMILES string of the molecule is COC[C@H](C)N(C)c1ccc(N)cn1. The van der Waals surface area contributed by atoms with Gasteiger partial charge in [-0.3, -0.25) is 0 Å². The molecule has 1 heterocycles. The van der Waals surface area contributed by atoms with Crippen LogP contribution in [-0.4, -0.2) is 31.8 Å². The van der Waals surface area contributed by atoms with E-state index in [0.717, 1.165) is 5.82 Å². The predicted octanol–water partition coefficient (Wildman–Crippen LogP) is 1.13. The molecule has 1 atom stereocenters. The third kappa shape index (κ3) is 2.60. The van der Waals surface area contributed by atoms with Crippen molar-refractivity contribution in [1.29, 1.82) is 0 Å². The number of hydrogen-bond donors (Lipinski definition) is 1. The van der Waals surface area contributed by atoms with Gasteiger partial charge in [-0.15, -0.1) is 0 Å². The van der Waals surface area contributed by atoms with Crippen LogP contribution in [0.3, 0.4) is 0 Å². The van der Waals surface area contributed by atoms with Crippen molar-refractivity contribution in [2.75, 3.05) is 31.4 Å². The first-order valence-electron chi connectivity index (χ1n) is 4.58. The second-order valence-corrected chi connectivity index (χ2v) is 3.36. The number of nitrogen functional groups attached to an aromatic ring is 1. The minimum atomic E-state index is 0.302. The van der Waals surface area contributed by atoms with Crippen LogP contribution in [-0.2, 0) is 4.74 Å². The maximum absolute atomic E-state index is 5.56. The molecule has 0 unspecified atom stereocenters. The standard InChI is InChI=1S/C10H17N3O/c1-8(7-14-3)13(2)10-5-4-9(11)6-12-10/h4-6,8H,7,11H2,1-3H3/t8-/m0/s1. The maximum atomic E-state index is 5.56. The Labute approximate surface area is 84.7 Å². The molecule has 0 saturated carbocycles. The number of ether oxygens (including phenoxy) is 1. The van der Waals surface area contributed by atoms with Crippen LogP contribution in [0.4, 0.5) is 11.5 Å². The van der Waals surface area contributed by atoms with Gasteiger partial charge in [0, 0.05) is 14.2 Å². The highest BCUT2D eigenvalue weighted by molar-refractivity contribution is 5.45. The predicted molar refractivity (Wildman–Crippen MR) is 58.4 cm³/mol. The van der Waals surface area contributed by atoms with Crippen LogP contribution in [0.5, 0.6) is 0 Å². The number of rotatable bonds is 4. The molecule has 4 nitrogen and oxygen atoms in total. The van der Waals surface area contributed by atoms with Gasteiger partial charge in [-0.2, -0.15) is 0 Å².